The van der Waals surface area contributed by atoms with Gasteiger partial charge in [-0.15, -0.1) is 11.3 Å². The molecule has 3 heteroatoms. The number of carbonyl (C=O) groups excluding carboxylic acids is 1. The van der Waals surface area contributed by atoms with Gasteiger partial charge < -0.3 is 0 Å². The molecular formula is C13H13NOS. The van der Waals surface area contributed by atoms with Gasteiger partial charge in [-0.2, -0.15) is 0 Å². The van der Waals surface area contributed by atoms with Crippen LogP contribution >= 0.6 is 11.3 Å². The fourth-order valence-electron chi connectivity index (χ4n) is 1.58. The zero-order valence-corrected chi connectivity index (χ0v) is 9.96. The summed E-state index contributed by atoms with van der Waals surface area (Å²) >= 11 is 1.67. The summed E-state index contributed by atoms with van der Waals surface area (Å²) in [6.45, 7) is 1.61. The van der Waals surface area contributed by atoms with Crippen LogP contribution in [0.25, 0.3) is 0 Å². The fourth-order valence-corrected chi connectivity index (χ4v) is 2.23. The van der Waals surface area contributed by atoms with Gasteiger partial charge in [0.1, 0.15) is 5.78 Å². The van der Waals surface area contributed by atoms with Crippen LogP contribution in [0, 0.1) is 0 Å². The lowest BCUT2D eigenvalue weighted by Gasteiger charge is -2.01. The third-order valence-corrected chi connectivity index (χ3v) is 3.09. The van der Waals surface area contributed by atoms with E-state index in [1.54, 1.807) is 18.3 Å². The van der Waals surface area contributed by atoms with Crippen molar-refractivity contribution in [1.82, 2.24) is 4.98 Å². The number of benzene rings is 1. The van der Waals surface area contributed by atoms with Crippen molar-refractivity contribution in [2.75, 3.05) is 0 Å². The Balaban J connectivity index is 2.05. The summed E-state index contributed by atoms with van der Waals surface area (Å²) < 4.78 is 0. The Morgan fingerprint density at radius 1 is 1.25 bits per heavy atom. The molecule has 0 aliphatic heterocycles. The van der Waals surface area contributed by atoms with Gasteiger partial charge in [0.2, 0.25) is 0 Å². The van der Waals surface area contributed by atoms with E-state index in [-0.39, 0.29) is 5.78 Å². The van der Waals surface area contributed by atoms with Crippen LogP contribution in [-0.2, 0) is 17.6 Å². The Hall–Kier alpha value is -1.48. The van der Waals surface area contributed by atoms with Crippen molar-refractivity contribution in [1.29, 1.82) is 0 Å². The van der Waals surface area contributed by atoms with E-state index in [1.807, 2.05) is 23.7 Å². The molecule has 0 aliphatic rings. The molecule has 2 rings (SSSR count). The minimum absolute atomic E-state index is 0.202. The number of hydrogen-bond acceptors (Lipinski definition) is 3. The van der Waals surface area contributed by atoms with Gasteiger partial charge in [-0.05, 0) is 18.1 Å². The van der Waals surface area contributed by atoms with Gasteiger partial charge in [0, 0.05) is 24.4 Å². The van der Waals surface area contributed by atoms with Crippen molar-refractivity contribution in [3.05, 3.63) is 52.0 Å². The van der Waals surface area contributed by atoms with Crippen LogP contribution in [0.1, 0.15) is 23.1 Å². The van der Waals surface area contributed by atoms with Crippen molar-refractivity contribution in [3.63, 3.8) is 0 Å². The van der Waals surface area contributed by atoms with E-state index in [9.17, 15) is 4.79 Å². The van der Waals surface area contributed by atoms with Crippen LogP contribution in [0.4, 0.5) is 0 Å². The highest BCUT2D eigenvalue weighted by Gasteiger charge is 2.00. The lowest BCUT2D eigenvalue weighted by molar-refractivity contribution is -0.116. The van der Waals surface area contributed by atoms with Crippen molar-refractivity contribution < 1.29 is 4.79 Å². The molecule has 0 amide bonds. The SMILES string of the molecule is CC(=O)Cc1ccc(Cc2nccs2)cc1. The first-order chi connectivity index (χ1) is 7.74. The Morgan fingerprint density at radius 2 is 1.94 bits per heavy atom. The first-order valence-electron chi connectivity index (χ1n) is 5.19. The van der Waals surface area contributed by atoms with Crippen molar-refractivity contribution in [2.45, 2.75) is 19.8 Å². The summed E-state index contributed by atoms with van der Waals surface area (Å²) in [5.74, 6) is 0.202. The molecule has 2 aromatic rings. The number of thiazole rings is 1. The molecule has 0 saturated heterocycles. The van der Waals surface area contributed by atoms with Crippen LogP contribution in [-0.4, -0.2) is 10.8 Å². The van der Waals surface area contributed by atoms with Crippen LogP contribution in [0.2, 0.25) is 0 Å². The number of nitrogens with zero attached hydrogens (tertiary/aromatic N) is 1. The molecule has 0 bridgehead atoms. The largest absolute Gasteiger partial charge is 0.300 e. The second-order valence-electron chi connectivity index (χ2n) is 3.80. The van der Waals surface area contributed by atoms with Gasteiger partial charge in [0.05, 0.1) is 5.01 Å². The minimum Gasteiger partial charge on any atom is -0.300 e. The average molecular weight is 231 g/mol. The highest BCUT2D eigenvalue weighted by atomic mass is 32.1. The zero-order chi connectivity index (χ0) is 11.4. The Morgan fingerprint density at radius 3 is 2.50 bits per heavy atom. The molecule has 0 aliphatic carbocycles. The normalized spacial score (nSPS) is 10.3. The number of carbonyl (C=O) groups is 1. The zero-order valence-electron chi connectivity index (χ0n) is 9.14. The molecule has 0 unspecified atom stereocenters. The lowest BCUT2D eigenvalue weighted by atomic mass is 10.1. The fraction of sp³-hybridized carbons (Fsp3) is 0.231. The molecule has 0 spiro atoms. The maximum atomic E-state index is 10.9. The summed E-state index contributed by atoms with van der Waals surface area (Å²) in [6, 6.07) is 8.17. The third kappa shape index (κ3) is 3.00. The quantitative estimate of drug-likeness (QED) is 0.810. The Kier molecular flexibility index (Phi) is 3.47. The molecule has 0 fully saturated rings. The minimum atomic E-state index is 0.202. The smallest absolute Gasteiger partial charge is 0.134 e. The van der Waals surface area contributed by atoms with E-state index < -0.39 is 0 Å². The summed E-state index contributed by atoms with van der Waals surface area (Å²) in [4.78, 5) is 15.2. The lowest BCUT2D eigenvalue weighted by Crippen LogP contribution is -1.96. The maximum absolute atomic E-state index is 10.9. The van der Waals surface area contributed by atoms with E-state index in [0.717, 1.165) is 17.0 Å². The molecule has 16 heavy (non-hydrogen) atoms. The van der Waals surface area contributed by atoms with Gasteiger partial charge in [0.25, 0.3) is 0 Å². The van der Waals surface area contributed by atoms with Crippen LogP contribution in [0.15, 0.2) is 35.8 Å². The van der Waals surface area contributed by atoms with E-state index in [4.69, 9.17) is 0 Å². The van der Waals surface area contributed by atoms with E-state index in [2.05, 4.69) is 17.1 Å². The summed E-state index contributed by atoms with van der Waals surface area (Å²) in [6.07, 6.45) is 3.22. The average Bonchev–Trinajstić information content (AvgIpc) is 2.73. The molecule has 0 atom stereocenters. The molecule has 0 saturated carbocycles. The molecule has 82 valence electrons. The summed E-state index contributed by atoms with van der Waals surface area (Å²) in [7, 11) is 0. The number of hydrogen-bond donors (Lipinski definition) is 0. The van der Waals surface area contributed by atoms with Crippen LogP contribution < -0.4 is 0 Å². The number of rotatable bonds is 4. The van der Waals surface area contributed by atoms with Crippen molar-refractivity contribution >= 4 is 17.1 Å². The molecule has 1 aromatic heterocycles. The van der Waals surface area contributed by atoms with Crippen LogP contribution in [0.3, 0.4) is 0 Å². The second-order valence-corrected chi connectivity index (χ2v) is 4.78. The Bertz CT molecular complexity index is 459. The second kappa shape index (κ2) is 5.03. The van der Waals surface area contributed by atoms with Crippen LogP contribution in [0.5, 0.6) is 0 Å². The molecule has 0 radical (unpaired) electrons. The molecule has 2 nitrogen and oxygen atoms in total. The van der Waals surface area contributed by atoms with Gasteiger partial charge >= 0.3 is 0 Å². The molecule has 0 N–H and O–H groups in total. The van der Waals surface area contributed by atoms with Gasteiger partial charge in [-0.25, -0.2) is 4.98 Å². The Labute approximate surface area is 99.0 Å². The van der Waals surface area contributed by atoms with E-state index >= 15 is 0 Å². The maximum Gasteiger partial charge on any atom is 0.134 e. The first-order valence-corrected chi connectivity index (χ1v) is 6.07. The van der Waals surface area contributed by atoms with Gasteiger partial charge in [0.15, 0.2) is 0 Å². The molecular weight excluding hydrogens is 218 g/mol. The summed E-state index contributed by atoms with van der Waals surface area (Å²) in [5.41, 5.74) is 2.32. The van der Waals surface area contributed by atoms with Crippen molar-refractivity contribution in [2.24, 2.45) is 0 Å². The first kappa shape index (κ1) is 11.0. The monoisotopic (exact) mass is 231 g/mol. The number of aromatic nitrogens is 1. The standard InChI is InChI=1S/C13H13NOS/c1-10(15)8-11-2-4-12(5-3-11)9-13-14-6-7-16-13/h2-7H,8-9H2,1H3. The predicted molar refractivity (Wildman–Crippen MR) is 65.7 cm³/mol. The third-order valence-electron chi connectivity index (χ3n) is 2.31. The molecule has 1 aromatic carbocycles. The van der Waals surface area contributed by atoms with Crippen molar-refractivity contribution in [3.8, 4) is 0 Å². The topological polar surface area (TPSA) is 30.0 Å². The highest BCUT2D eigenvalue weighted by Crippen LogP contribution is 2.13. The van der Waals surface area contributed by atoms with Gasteiger partial charge in [-0.3, -0.25) is 4.79 Å². The van der Waals surface area contributed by atoms with E-state index in [0.29, 0.717) is 6.42 Å². The molecule has 1 heterocycles. The van der Waals surface area contributed by atoms with Gasteiger partial charge in [-0.1, -0.05) is 24.3 Å². The number of ketones is 1. The summed E-state index contributed by atoms with van der Waals surface area (Å²) in [5, 5.41) is 3.11. The van der Waals surface area contributed by atoms with E-state index in [1.165, 1.54) is 5.56 Å². The highest BCUT2D eigenvalue weighted by molar-refractivity contribution is 7.09. The predicted octanol–water partition coefficient (Wildman–Crippen LogP) is 2.87. The number of Topliss-reactive ketones (excluding diaryl/α,β-unsaturated/α-hetero) is 1.